The van der Waals surface area contributed by atoms with Crippen LogP contribution in [0.5, 0.6) is 0 Å². The molecule has 0 unspecified atom stereocenters. The summed E-state index contributed by atoms with van der Waals surface area (Å²) in [5, 5.41) is 3.28. The highest BCUT2D eigenvalue weighted by Crippen LogP contribution is 2.28. The highest BCUT2D eigenvalue weighted by molar-refractivity contribution is 5.80. The van der Waals surface area contributed by atoms with Crippen LogP contribution in [0.4, 0.5) is 0 Å². The molecule has 0 spiro atoms. The molecule has 1 aliphatic heterocycles. The molecule has 74 valence electrons. The fraction of sp³-hybridized carbons (Fsp3) is 0.417. The molecule has 14 heavy (non-hydrogen) atoms. The maximum absolute atomic E-state index is 11.4. The lowest BCUT2D eigenvalue weighted by Gasteiger charge is -2.15. The first kappa shape index (κ1) is 9.41. The number of nitrogens with one attached hydrogen (secondary N) is 1. The van der Waals surface area contributed by atoms with Crippen LogP contribution in [0.1, 0.15) is 18.4 Å². The number of Topliss-reactive ketones (excluding diaryl/α,β-unsaturated/α-hetero) is 1. The van der Waals surface area contributed by atoms with Gasteiger partial charge in [0, 0.05) is 24.9 Å². The summed E-state index contributed by atoms with van der Waals surface area (Å²) in [5.74, 6) is 0.829. The van der Waals surface area contributed by atoms with Crippen molar-refractivity contribution in [3.63, 3.8) is 0 Å². The zero-order valence-electron chi connectivity index (χ0n) is 8.36. The SMILES string of the molecule is CC(=O)[C@H]1CNC[C@@H]1c1ccccc1. The molecule has 0 saturated carbocycles. The number of hydrogen-bond acceptors (Lipinski definition) is 2. The number of carbonyl (C=O) groups is 1. The van der Waals surface area contributed by atoms with Crippen molar-refractivity contribution in [3.8, 4) is 0 Å². The van der Waals surface area contributed by atoms with Gasteiger partial charge in [-0.05, 0) is 12.5 Å². The standard InChI is InChI=1S/C12H15NO/c1-9(14)11-7-13-8-12(11)10-5-3-2-4-6-10/h2-6,11-13H,7-8H2,1H3/t11-,12-/m1/s1. The zero-order valence-corrected chi connectivity index (χ0v) is 8.36. The summed E-state index contributed by atoms with van der Waals surface area (Å²) >= 11 is 0. The van der Waals surface area contributed by atoms with Gasteiger partial charge in [0.2, 0.25) is 0 Å². The van der Waals surface area contributed by atoms with Crippen molar-refractivity contribution in [2.75, 3.05) is 13.1 Å². The first-order chi connectivity index (χ1) is 6.79. The Morgan fingerprint density at radius 2 is 2.00 bits per heavy atom. The average Bonchev–Trinajstić information content (AvgIpc) is 2.67. The van der Waals surface area contributed by atoms with E-state index in [1.807, 2.05) is 18.2 Å². The van der Waals surface area contributed by atoms with Gasteiger partial charge < -0.3 is 5.32 Å². The van der Waals surface area contributed by atoms with E-state index < -0.39 is 0 Å². The van der Waals surface area contributed by atoms with Gasteiger partial charge in [-0.3, -0.25) is 4.79 Å². The highest BCUT2D eigenvalue weighted by atomic mass is 16.1. The van der Waals surface area contributed by atoms with E-state index in [1.54, 1.807) is 6.92 Å². The van der Waals surface area contributed by atoms with Crippen molar-refractivity contribution in [1.29, 1.82) is 0 Å². The van der Waals surface area contributed by atoms with Crippen molar-refractivity contribution in [2.45, 2.75) is 12.8 Å². The third-order valence-corrected chi connectivity index (χ3v) is 2.96. The minimum absolute atomic E-state index is 0.164. The monoisotopic (exact) mass is 189 g/mol. The largest absolute Gasteiger partial charge is 0.315 e. The smallest absolute Gasteiger partial charge is 0.134 e. The molecule has 0 bridgehead atoms. The highest BCUT2D eigenvalue weighted by Gasteiger charge is 2.31. The molecular formula is C12H15NO. The number of benzene rings is 1. The molecule has 2 rings (SSSR count). The van der Waals surface area contributed by atoms with Crippen LogP contribution in [-0.2, 0) is 4.79 Å². The van der Waals surface area contributed by atoms with Crippen molar-refractivity contribution in [2.24, 2.45) is 5.92 Å². The van der Waals surface area contributed by atoms with Crippen LogP contribution in [-0.4, -0.2) is 18.9 Å². The number of hydrogen-bond donors (Lipinski definition) is 1. The lowest BCUT2D eigenvalue weighted by molar-refractivity contribution is -0.120. The van der Waals surface area contributed by atoms with Gasteiger partial charge in [0.05, 0.1) is 0 Å². The van der Waals surface area contributed by atoms with Crippen LogP contribution < -0.4 is 5.32 Å². The molecule has 1 fully saturated rings. The van der Waals surface area contributed by atoms with E-state index in [2.05, 4.69) is 17.4 Å². The van der Waals surface area contributed by atoms with Gasteiger partial charge in [-0.15, -0.1) is 0 Å². The van der Waals surface area contributed by atoms with Gasteiger partial charge in [0.1, 0.15) is 5.78 Å². The van der Waals surface area contributed by atoms with Crippen LogP contribution in [0, 0.1) is 5.92 Å². The molecule has 0 aromatic heterocycles. The van der Waals surface area contributed by atoms with E-state index in [4.69, 9.17) is 0 Å². The molecule has 2 nitrogen and oxygen atoms in total. The summed E-state index contributed by atoms with van der Waals surface area (Å²) in [7, 11) is 0. The Bertz CT molecular complexity index is 320. The molecule has 1 heterocycles. The normalized spacial score (nSPS) is 26.4. The second kappa shape index (κ2) is 3.93. The summed E-state index contributed by atoms with van der Waals surface area (Å²) < 4.78 is 0. The van der Waals surface area contributed by atoms with Crippen molar-refractivity contribution in [1.82, 2.24) is 5.32 Å². The first-order valence-electron chi connectivity index (χ1n) is 5.05. The van der Waals surface area contributed by atoms with E-state index in [1.165, 1.54) is 5.56 Å². The maximum Gasteiger partial charge on any atom is 0.134 e. The van der Waals surface area contributed by atoms with Gasteiger partial charge >= 0.3 is 0 Å². The molecule has 1 N–H and O–H groups in total. The molecule has 0 aliphatic carbocycles. The Labute approximate surface area is 84.3 Å². The third kappa shape index (κ3) is 1.70. The lowest BCUT2D eigenvalue weighted by atomic mass is 9.87. The van der Waals surface area contributed by atoms with Crippen molar-refractivity contribution < 1.29 is 4.79 Å². The van der Waals surface area contributed by atoms with E-state index in [-0.39, 0.29) is 5.92 Å². The fourth-order valence-electron chi connectivity index (χ4n) is 2.16. The van der Waals surface area contributed by atoms with Gasteiger partial charge in [-0.25, -0.2) is 0 Å². The molecule has 2 atom stereocenters. The minimum Gasteiger partial charge on any atom is -0.315 e. The second-order valence-electron chi connectivity index (χ2n) is 3.89. The van der Waals surface area contributed by atoms with E-state index >= 15 is 0 Å². The fourth-order valence-corrected chi connectivity index (χ4v) is 2.16. The first-order valence-corrected chi connectivity index (χ1v) is 5.05. The Kier molecular flexibility index (Phi) is 2.64. The lowest BCUT2D eigenvalue weighted by Crippen LogP contribution is -2.18. The van der Waals surface area contributed by atoms with Crippen LogP contribution >= 0.6 is 0 Å². The minimum atomic E-state index is 0.164. The topological polar surface area (TPSA) is 29.1 Å². The van der Waals surface area contributed by atoms with Crippen LogP contribution in [0.15, 0.2) is 30.3 Å². The van der Waals surface area contributed by atoms with E-state index in [0.717, 1.165) is 13.1 Å². The maximum atomic E-state index is 11.4. The summed E-state index contributed by atoms with van der Waals surface area (Å²) in [6.45, 7) is 3.44. The number of ketones is 1. The predicted octanol–water partition coefficient (Wildman–Crippen LogP) is 1.58. The number of carbonyl (C=O) groups excluding carboxylic acids is 1. The second-order valence-corrected chi connectivity index (χ2v) is 3.89. The summed E-state index contributed by atoms with van der Waals surface area (Å²) in [6.07, 6.45) is 0. The molecule has 1 aliphatic rings. The summed E-state index contributed by atoms with van der Waals surface area (Å²) in [5.41, 5.74) is 1.28. The summed E-state index contributed by atoms with van der Waals surface area (Å²) in [4.78, 5) is 11.4. The molecular weight excluding hydrogens is 174 g/mol. The third-order valence-electron chi connectivity index (χ3n) is 2.96. The molecule has 1 aromatic carbocycles. The van der Waals surface area contributed by atoms with Gasteiger partial charge in [0.25, 0.3) is 0 Å². The van der Waals surface area contributed by atoms with Gasteiger partial charge in [-0.2, -0.15) is 0 Å². The Balaban J connectivity index is 2.22. The van der Waals surface area contributed by atoms with Crippen LogP contribution in [0.25, 0.3) is 0 Å². The molecule has 2 heteroatoms. The molecule has 1 saturated heterocycles. The Morgan fingerprint density at radius 1 is 1.29 bits per heavy atom. The zero-order chi connectivity index (χ0) is 9.97. The van der Waals surface area contributed by atoms with Gasteiger partial charge in [0.15, 0.2) is 0 Å². The molecule has 1 aromatic rings. The number of rotatable bonds is 2. The van der Waals surface area contributed by atoms with Crippen LogP contribution in [0.3, 0.4) is 0 Å². The van der Waals surface area contributed by atoms with E-state index in [9.17, 15) is 4.79 Å². The van der Waals surface area contributed by atoms with Crippen molar-refractivity contribution in [3.05, 3.63) is 35.9 Å². The quantitative estimate of drug-likeness (QED) is 0.765. The molecule has 0 amide bonds. The predicted molar refractivity (Wildman–Crippen MR) is 56.2 cm³/mol. The average molecular weight is 189 g/mol. The Morgan fingerprint density at radius 3 is 2.64 bits per heavy atom. The molecule has 0 radical (unpaired) electrons. The van der Waals surface area contributed by atoms with Crippen LogP contribution in [0.2, 0.25) is 0 Å². The Hall–Kier alpha value is -1.15. The van der Waals surface area contributed by atoms with Gasteiger partial charge in [-0.1, -0.05) is 30.3 Å². The van der Waals surface area contributed by atoms with E-state index in [0.29, 0.717) is 11.7 Å². The summed E-state index contributed by atoms with van der Waals surface area (Å²) in [6, 6.07) is 10.3. The van der Waals surface area contributed by atoms with Crippen molar-refractivity contribution >= 4 is 5.78 Å².